The summed E-state index contributed by atoms with van der Waals surface area (Å²) in [6.07, 6.45) is 10.6. The van der Waals surface area contributed by atoms with Crippen LogP contribution in [0.3, 0.4) is 0 Å². The van der Waals surface area contributed by atoms with Crippen LogP contribution in [0, 0.1) is 34.5 Å². The molecule has 0 amide bonds. The van der Waals surface area contributed by atoms with E-state index in [1.807, 2.05) is 6.92 Å². The van der Waals surface area contributed by atoms with Gasteiger partial charge in [0.1, 0.15) is 0 Å². The molecule has 4 aliphatic rings. The minimum absolute atomic E-state index is 0.0592. The van der Waals surface area contributed by atoms with Crippen molar-refractivity contribution in [2.45, 2.75) is 90.3 Å². The van der Waals surface area contributed by atoms with Crippen molar-refractivity contribution < 1.29 is 10.2 Å². The molecule has 22 heavy (non-hydrogen) atoms. The van der Waals surface area contributed by atoms with Gasteiger partial charge in [-0.25, -0.2) is 0 Å². The third-order valence-electron chi connectivity index (χ3n) is 8.90. The Balaban J connectivity index is 1.62. The van der Waals surface area contributed by atoms with Gasteiger partial charge in [-0.3, -0.25) is 0 Å². The lowest BCUT2D eigenvalue weighted by Gasteiger charge is -2.61. The van der Waals surface area contributed by atoms with Gasteiger partial charge in [-0.1, -0.05) is 13.8 Å². The number of rotatable bonds is 0. The zero-order valence-electron chi connectivity index (χ0n) is 14.6. The molecular formula is C20H34O2. The van der Waals surface area contributed by atoms with E-state index in [0.717, 1.165) is 37.0 Å². The lowest BCUT2D eigenvalue weighted by atomic mass is 9.44. The number of aliphatic hydroxyl groups is 2. The van der Waals surface area contributed by atoms with Crippen molar-refractivity contribution in [1.29, 1.82) is 0 Å². The summed E-state index contributed by atoms with van der Waals surface area (Å²) in [5, 5.41) is 21.0. The lowest BCUT2D eigenvalue weighted by molar-refractivity contribution is -0.150. The molecule has 2 heteroatoms. The summed E-state index contributed by atoms with van der Waals surface area (Å²) in [7, 11) is 0. The summed E-state index contributed by atoms with van der Waals surface area (Å²) in [6.45, 7) is 6.95. The zero-order chi connectivity index (χ0) is 15.8. The van der Waals surface area contributed by atoms with Gasteiger partial charge in [-0.2, -0.15) is 0 Å². The Hall–Kier alpha value is -0.0800. The van der Waals surface area contributed by atoms with E-state index in [1.165, 1.54) is 38.5 Å². The molecule has 0 saturated heterocycles. The molecule has 4 aliphatic carbocycles. The quantitative estimate of drug-likeness (QED) is 0.706. The monoisotopic (exact) mass is 306 g/mol. The second-order valence-electron chi connectivity index (χ2n) is 10.00. The van der Waals surface area contributed by atoms with E-state index < -0.39 is 5.60 Å². The molecule has 4 rings (SSSR count). The van der Waals surface area contributed by atoms with Crippen LogP contribution in [0.1, 0.15) is 78.6 Å². The van der Waals surface area contributed by atoms with E-state index in [-0.39, 0.29) is 11.5 Å². The van der Waals surface area contributed by atoms with Crippen LogP contribution in [0.4, 0.5) is 0 Å². The molecule has 0 aliphatic heterocycles. The van der Waals surface area contributed by atoms with Crippen LogP contribution in [-0.4, -0.2) is 21.9 Å². The van der Waals surface area contributed by atoms with E-state index >= 15 is 0 Å². The van der Waals surface area contributed by atoms with Crippen LogP contribution in [0.2, 0.25) is 0 Å². The molecule has 0 aromatic carbocycles. The van der Waals surface area contributed by atoms with Crippen molar-refractivity contribution >= 4 is 0 Å². The smallest absolute Gasteiger partial charge is 0.0622 e. The first kappa shape index (κ1) is 15.4. The van der Waals surface area contributed by atoms with Gasteiger partial charge < -0.3 is 10.2 Å². The highest BCUT2D eigenvalue weighted by Crippen LogP contribution is 2.66. The van der Waals surface area contributed by atoms with Crippen LogP contribution in [0.15, 0.2) is 0 Å². The molecule has 8 atom stereocenters. The van der Waals surface area contributed by atoms with E-state index in [0.29, 0.717) is 11.3 Å². The molecular weight excluding hydrogens is 272 g/mol. The number of hydrogen-bond acceptors (Lipinski definition) is 2. The Morgan fingerprint density at radius 1 is 0.773 bits per heavy atom. The third kappa shape index (κ3) is 1.99. The van der Waals surface area contributed by atoms with Gasteiger partial charge in [0, 0.05) is 0 Å². The van der Waals surface area contributed by atoms with Crippen molar-refractivity contribution in [3.8, 4) is 0 Å². The second-order valence-corrected chi connectivity index (χ2v) is 10.00. The third-order valence-corrected chi connectivity index (χ3v) is 8.90. The highest BCUT2D eigenvalue weighted by molar-refractivity contribution is 5.10. The van der Waals surface area contributed by atoms with Gasteiger partial charge in [0.15, 0.2) is 0 Å². The zero-order valence-corrected chi connectivity index (χ0v) is 14.6. The average Bonchev–Trinajstić information content (AvgIpc) is 2.76. The highest BCUT2D eigenvalue weighted by Gasteiger charge is 2.60. The van der Waals surface area contributed by atoms with Gasteiger partial charge in [-0.15, -0.1) is 0 Å². The molecule has 0 radical (unpaired) electrons. The van der Waals surface area contributed by atoms with Crippen LogP contribution >= 0.6 is 0 Å². The van der Waals surface area contributed by atoms with Gasteiger partial charge in [-0.05, 0) is 99.2 Å². The van der Waals surface area contributed by atoms with Gasteiger partial charge in [0.05, 0.1) is 11.7 Å². The SMILES string of the molecule is C[C@]1(O)CC[C@@]2(C)[C@@H](CC[C@@H]3[C@@H]2CC[C@]2(C)[C@@H](O)CC[C@@H]32)C1. The largest absolute Gasteiger partial charge is 0.393 e. The maximum absolute atomic E-state index is 10.5. The van der Waals surface area contributed by atoms with Gasteiger partial charge in [0.2, 0.25) is 0 Å². The number of hydrogen-bond donors (Lipinski definition) is 2. The normalized spacial score (nSPS) is 61.2. The topological polar surface area (TPSA) is 40.5 Å². The van der Waals surface area contributed by atoms with Gasteiger partial charge >= 0.3 is 0 Å². The Kier molecular flexibility index (Phi) is 3.32. The van der Waals surface area contributed by atoms with E-state index in [9.17, 15) is 10.2 Å². The molecule has 126 valence electrons. The van der Waals surface area contributed by atoms with E-state index in [4.69, 9.17) is 0 Å². The Morgan fingerprint density at radius 2 is 1.50 bits per heavy atom. The average molecular weight is 306 g/mol. The van der Waals surface area contributed by atoms with Crippen molar-refractivity contribution in [3.05, 3.63) is 0 Å². The van der Waals surface area contributed by atoms with Crippen molar-refractivity contribution in [2.24, 2.45) is 34.5 Å². The van der Waals surface area contributed by atoms with Crippen molar-refractivity contribution in [2.75, 3.05) is 0 Å². The highest BCUT2D eigenvalue weighted by atomic mass is 16.3. The molecule has 0 unspecified atom stereocenters. The first-order valence-corrected chi connectivity index (χ1v) is 9.67. The molecule has 0 heterocycles. The molecule has 4 saturated carbocycles. The number of fused-ring (bicyclic) bond motifs is 5. The Morgan fingerprint density at radius 3 is 2.27 bits per heavy atom. The molecule has 2 nitrogen and oxygen atoms in total. The second kappa shape index (κ2) is 4.72. The van der Waals surface area contributed by atoms with E-state index in [2.05, 4.69) is 13.8 Å². The summed E-state index contributed by atoms with van der Waals surface area (Å²) in [4.78, 5) is 0. The predicted octanol–water partition coefficient (Wildman–Crippen LogP) is 4.14. The summed E-state index contributed by atoms with van der Waals surface area (Å²) in [5.41, 5.74) is 0.217. The molecule has 0 bridgehead atoms. The molecule has 4 fully saturated rings. The van der Waals surface area contributed by atoms with Gasteiger partial charge in [0.25, 0.3) is 0 Å². The standard InChI is InChI=1S/C20H34O2/c1-18(22)10-11-19(2)13(12-18)4-5-14-15-6-7-17(21)20(15,3)9-8-16(14)19/h13-17,21-22H,4-12H2,1-3H3/t13-,14-,15-,16-,17-,18-,19-,20-/m0/s1. The lowest BCUT2D eigenvalue weighted by Crippen LogP contribution is -2.55. The minimum atomic E-state index is -0.427. The summed E-state index contributed by atoms with van der Waals surface area (Å²) < 4.78 is 0. The molecule has 0 aromatic rings. The minimum Gasteiger partial charge on any atom is -0.393 e. The molecule has 2 N–H and O–H groups in total. The fourth-order valence-corrected chi connectivity index (χ4v) is 7.40. The van der Waals surface area contributed by atoms with Crippen LogP contribution in [0.25, 0.3) is 0 Å². The molecule has 0 aromatic heterocycles. The van der Waals surface area contributed by atoms with Crippen LogP contribution in [0.5, 0.6) is 0 Å². The first-order valence-electron chi connectivity index (χ1n) is 9.67. The first-order chi connectivity index (χ1) is 10.3. The predicted molar refractivity (Wildman–Crippen MR) is 88.4 cm³/mol. The Labute approximate surface area is 135 Å². The summed E-state index contributed by atoms with van der Waals surface area (Å²) in [6, 6.07) is 0. The maximum Gasteiger partial charge on any atom is 0.0622 e. The van der Waals surface area contributed by atoms with E-state index in [1.54, 1.807) is 0 Å². The van der Waals surface area contributed by atoms with Crippen LogP contribution in [-0.2, 0) is 0 Å². The summed E-state index contributed by atoms with van der Waals surface area (Å²) in [5.74, 6) is 3.14. The van der Waals surface area contributed by atoms with Crippen LogP contribution < -0.4 is 0 Å². The number of aliphatic hydroxyl groups excluding tert-OH is 1. The van der Waals surface area contributed by atoms with Crippen molar-refractivity contribution in [3.63, 3.8) is 0 Å². The Bertz CT molecular complexity index is 459. The fraction of sp³-hybridized carbons (Fsp3) is 1.00. The molecule has 0 spiro atoms. The maximum atomic E-state index is 10.5. The summed E-state index contributed by atoms with van der Waals surface area (Å²) >= 11 is 0. The van der Waals surface area contributed by atoms with Crippen molar-refractivity contribution in [1.82, 2.24) is 0 Å². The fourth-order valence-electron chi connectivity index (χ4n) is 7.40.